The molecule has 2 rings (SSSR count). The number of esters is 1. The van der Waals surface area contributed by atoms with Gasteiger partial charge in [-0.05, 0) is 31.0 Å². The van der Waals surface area contributed by atoms with Crippen LogP contribution in [-0.2, 0) is 22.5 Å². The van der Waals surface area contributed by atoms with Crippen LogP contribution in [0.3, 0.4) is 0 Å². The van der Waals surface area contributed by atoms with Gasteiger partial charge in [0, 0.05) is 5.92 Å². The third-order valence-electron chi connectivity index (χ3n) is 3.33. The van der Waals surface area contributed by atoms with Crippen LogP contribution in [0.5, 0.6) is 5.75 Å². The highest BCUT2D eigenvalue weighted by Crippen LogP contribution is 2.19. The van der Waals surface area contributed by atoms with Gasteiger partial charge in [0.05, 0.1) is 13.7 Å². The summed E-state index contributed by atoms with van der Waals surface area (Å²) in [5.41, 5.74) is 1.07. The molecule has 0 amide bonds. The van der Waals surface area contributed by atoms with E-state index in [-0.39, 0.29) is 19.1 Å². The summed E-state index contributed by atoms with van der Waals surface area (Å²) in [5, 5.41) is 4.07. The summed E-state index contributed by atoms with van der Waals surface area (Å²) in [5.74, 6) is -0.187. The molecule has 7 heteroatoms. The fraction of sp³-hybridized carbons (Fsp3) is 0.438. The first kappa shape index (κ1) is 16.8. The fourth-order valence-corrected chi connectivity index (χ4v) is 2.15. The smallest absolute Gasteiger partial charge is 0.437 e. The van der Waals surface area contributed by atoms with Gasteiger partial charge >= 0.3 is 11.7 Å². The van der Waals surface area contributed by atoms with Crippen molar-refractivity contribution >= 4 is 5.97 Å². The van der Waals surface area contributed by atoms with Crippen LogP contribution < -0.4 is 10.5 Å². The van der Waals surface area contributed by atoms with Crippen molar-refractivity contribution in [1.29, 1.82) is 0 Å². The molecule has 2 aromatic rings. The first-order valence-corrected chi connectivity index (χ1v) is 7.39. The van der Waals surface area contributed by atoms with E-state index in [1.807, 2.05) is 31.2 Å². The maximum Gasteiger partial charge on any atom is 0.437 e. The van der Waals surface area contributed by atoms with Gasteiger partial charge in [-0.1, -0.05) is 19.1 Å². The molecular weight excluding hydrogens is 300 g/mol. The van der Waals surface area contributed by atoms with Crippen LogP contribution in [0.2, 0.25) is 0 Å². The molecule has 0 saturated heterocycles. The van der Waals surface area contributed by atoms with Crippen LogP contribution in [0.4, 0.5) is 0 Å². The number of benzene rings is 1. The lowest BCUT2D eigenvalue weighted by atomic mass is 10.0. The lowest BCUT2D eigenvalue weighted by Gasteiger charge is -2.07. The third kappa shape index (κ3) is 4.45. The number of carbonyl (C=O) groups excluding carboxylic acids is 1. The van der Waals surface area contributed by atoms with Crippen molar-refractivity contribution < 1.29 is 18.7 Å². The van der Waals surface area contributed by atoms with Gasteiger partial charge in [0.2, 0.25) is 5.89 Å². The Morgan fingerprint density at radius 2 is 2.04 bits per heavy atom. The molecule has 1 aromatic heterocycles. The molecule has 0 saturated carbocycles. The van der Waals surface area contributed by atoms with Gasteiger partial charge in [-0.15, -0.1) is 5.10 Å². The second-order valence-corrected chi connectivity index (χ2v) is 5.12. The van der Waals surface area contributed by atoms with Gasteiger partial charge in [0.1, 0.15) is 12.3 Å². The normalized spacial score (nSPS) is 12.0. The molecule has 7 nitrogen and oxygen atoms in total. The van der Waals surface area contributed by atoms with E-state index in [0.29, 0.717) is 12.3 Å². The van der Waals surface area contributed by atoms with E-state index in [2.05, 4.69) is 5.10 Å². The third-order valence-corrected chi connectivity index (χ3v) is 3.33. The minimum atomic E-state index is -0.658. The van der Waals surface area contributed by atoms with E-state index in [0.717, 1.165) is 16.0 Å². The average Bonchev–Trinajstić information content (AvgIpc) is 2.89. The molecule has 1 atom stereocenters. The number of rotatable bonds is 7. The number of hydrogen-bond donors (Lipinski definition) is 0. The maximum atomic E-state index is 11.7. The zero-order valence-corrected chi connectivity index (χ0v) is 13.4. The molecule has 0 aliphatic rings. The largest absolute Gasteiger partial charge is 0.497 e. The molecule has 0 bridgehead atoms. The first-order chi connectivity index (χ1) is 11.0. The van der Waals surface area contributed by atoms with Crippen molar-refractivity contribution in [2.75, 3.05) is 13.7 Å². The minimum absolute atomic E-state index is 0.0976. The van der Waals surface area contributed by atoms with Gasteiger partial charge < -0.3 is 13.9 Å². The predicted molar refractivity (Wildman–Crippen MR) is 82.5 cm³/mol. The van der Waals surface area contributed by atoms with Gasteiger partial charge in [-0.3, -0.25) is 4.79 Å². The second kappa shape index (κ2) is 7.62. The molecule has 23 heavy (non-hydrogen) atoms. The topological polar surface area (TPSA) is 83.6 Å². The molecule has 0 spiro atoms. The van der Waals surface area contributed by atoms with Crippen molar-refractivity contribution in [2.45, 2.75) is 32.7 Å². The SMILES string of the molecule is CCOC(=O)Cn1nc([C@@H](C)Cc2ccc(OC)cc2)oc1=O. The van der Waals surface area contributed by atoms with E-state index < -0.39 is 11.7 Å². The molecule has 124 valence electrons. The monoisotopic (exact) mass is 320 g/mol. The summed E-state index contributed by atoms with van der Waals surface area (Å²) in [6.07, 6.45) is 0.656. The summed E-state index contributed by atoms with van der Waals surface area (Å²) in [4.78, 5) is 23.1. The number of methoxy groups -OCH3 is 1. The number of carbonyl (C=O) groups is 1. The van der Waals surface area contributed by atoms with E-state index in [1.54, 1.807) is 14.0 Å². The first-order valence-electron chi connectivity index (χ1n) is 7.39. The van der Waals surface area contributed by atoms with Gasteiger partial charge in [-0.2, -0.15) is 4.68 Å². The van der Waals surface area contributed by atoms with Crippen LogP contribution in [0, 0.1) is 0 Å². The van der Waals surface area contributed by atoms with Crippen LogP contribution in [-0.4, -0.2) is 29.5 Å². The predicted octanol–water partition coefficient (Wildman–Crippen LogP) is 1.75. The van der Waals surface area contributed by atoms with Crippen molar-refractivity contribution in [3.8, 4) is 5.75 Å². The molecule has 0 aliphatic carbocycles. The Balaban J connectivity index is 2.05. The zero-order chi connectivity index (χ0) is 16.8. The molecule has 0 aliphatic heterocycles. The Kier molecular flexibility index (Phi) is 5.56. The molecule has 0 fully saturated rings. The number of nitrogens with zero attached hydrogens (tertiary/aromatic N) is 2. The number of ether oxygens (including phenoxy) is 2. The standard InChI is InChI=1S/C16H20N2O5/c1-4-22-14(19)10-18-16(20)23-15(17-18)11(2)9-12-5-7-13(21-3)8-6-12/h5-8,11H,4,9-10H2,1-3H3/t11-/m0/s1. The maximum absolute atomic E-state index is 11.7. The molecule has 1 heterocycles. The molecule has 1 aromatic carbocycles. The van der Waals surface area contributed by atoms with E-state index in [1.165, 1.54) is 0 Å². The molecule has 0 radical (unpaired) electrons. The van der Waals surface area contributed by atoms with Gasteiger partial charge in [0.25, 0.3) is 0 Å². The van der Waals surface area contributed by atoms with E-state index in [9.17, 15) is 9.59 Å². The fourth-order valence-electron chi connectivity index (χ4n) is 2.15. The van der Waals surface area contributed by atoms with Crippen LogP contribution in [0.15, 0.2) is 33.5 Å². The highest BCUT2D eigenvalue weighted by Gasteiger charge is 2.17. The van der Waals surface area contributed by atoms with Crippen LogP contribution in [0.1, 0.15) is 31.2 Å². The minimum Gasteiger partial charge on any atom is -0.497 e. The highest BCUT2D eigenvalue weighted by molar-refractivity contribution is 5.68. The van der Waals surface area contributed by atoms with Gasteiger partial charge in [0.15, 0.2) is 0 Å². The Morgan fingerprint density at radius 3 is 2.65 bits per heavy atom. The van der Waals surface area contributed by atoms with E-state index in [4.69, 9.17) is 13.9 Å². The lowest BCUT2D eigenvalue weighted by molar-refractivity contribution is -0.144. The summed E-state index contributed by atoms with van der Waals surface area (Å²) in [7, 11) is 1.61. The highest BCUT2D eigenvalue weighted by atomic mass is 16.5. The quantitative estimate of drug-likeness (QED) is 0.723. The average molecular weight is 320 g/mol. The summed E-state index contributed by atoms with van der Waals surface area (Å²) in [6, 6.07) is 7.64. The van der Waals surface area contributed by atoms with Crippen molar-refractivity contribution in [2.24, 2.45) is 0 Å². The van der Waals surface area contributed by atoms with Gasteiger partial charge in [-0.25, -0.2) is 4.79 Å². The molecular formula is C16H20N2O5. The van der Waals surface area contributed by atoms with Crippen molar-refractivity contribution in [3.63, 3.8) is 0 Å². The van der Waals surface area contributed by atoms with Crippen LogP contribution in [0.25, 0.3) is 0 Å². The lowest BCUT2D eigenvalue weighted by Crippen LogP contribution is -2.23. The summed E-state index contributed by atoms with van der Waals surface area (Å²) >= 11 is 0. The number of aromatic nitrogens is 2. The summed E-state index contributed by atoms with van der Waals surface area (Å²) < 4.78 is 16.0. The Labute approximate surface area is 133 Å². The Bertz CT molecular complexity index is 702. The second-order valence-electron chi connectivity index (χ2n) is 5.12. The Hall–Kier alpha value is -2.57. The number of hydrogen-bond acceptors (Lipinski definition) is 6. The summed E-state index contributed by atoms with van der Waals surface area (Å²) in [6.45, 7) is 3.62. The molecule has 0 unspecified atom stereocenters. The van der Waals surface area contributed by atoms with E-state index >= 15 is 0 Å². The molecule has 0 N–H and O–H groups in total. The Morgan fingerprint density at radius 1 is 1.35 bits per heavy atom. The zero-order valence-electron chi connectivity index (χ0n) is 13.4. The van der Waals surface area contributed by atoms with Crippen molar-refractivity contribution in [1.82, 2.24) is 9.78 Å². The van der Waals surface area contributed by atoms with Crippen LogP contribution >= 0.6 is 0 Å². The van der Waals surface area contributed by atoms with Crippen molar-refractivity contribution in [3.05, 3.63) is 46.3 Å².